The fourth-order valence-corrected chi connectivity index (χ4v) is 2.80. The van der Waals surface area contributed by atoms with Gasteiger partial charge in [-0.2, -0.15) is 0 Å². The Morgan fingerprint density at radius 2 is 2.00 bits per heavy atom. The van der Waals surface area contributed by atoms with Crippen molar-refractivity contribution in [3.8, 4) is 0 Å². The first kappa shape index (κ1) is 9.47. The zero-order valence-corrected chi connectivity index (χ0v) is 8.58. The van der Waals surface area contributed by atoms with E-state index >= 15 is 0 Å². The van der Waals surface area contributed by atoms with Crippen molar-refractivity contribution in [2.24, 2.45) is 17.8 Å². The molecule has 1 N–H and O–H groups in total. The van der Waals surface area contributed by atoms with Crippen molar-refractivity contribution >= 4 is 0 Å². The molecule has 0 spiro atoms. The van der Waals surface area contributed by atoms with Crippen molar-refractivity contribution in [2.75, 3.05) is 26.7 Å². The van der Waals surface area contributed by atoms with Crippen LogP contribution in [0, 0.1) is 17.8 Å². The van der Waals surface area contributed by atoms with Gasteiger partial charge in [-0.15, -0.1) is 0 Å². The molecule has 2 heteroatoms. The molecule has 2 atom stereocenters. The van der Waals surface area contributed by atoms with Crippen molar-refractivity contribution in [3.63, 3.8) is 0 Å². The van der Waals surface area contributed by atoms with E-state index in [9.17, 15) is 0 Å². The smallest absolute Gasteiger partial charge is 0.0433 e. The summed E-state index contributed by atoms with van der Waals surface area (Å²) >= 11 is 0. The lowest BCUT2D eigenvalue weighted by Crippen LogP contribution is -2.31. The molecule has 2 nitrogen and oxygen atoms in total. The Bertz CT molecular complexity index is 163. The Hall–Kier alpha value is -0.0800. The van der Waals surface area contributed by atoms with Gasteiger partial charge in [-0.3, -0.25) is 0 Å². The number of aliphatic hydroxyl groups is 1. The van der Waals surface area contributed by atoms with Crippen molar-refractivity contribution in [1.29, 1.82) is 0 Å². The first-order chi connectivity index (χ1) is 6.31. The molecule has 0 bridgehead atoms. The number of piperidine rings is 1. The third-order valence-corrected chi connectivity index (χ3v) is 3.85. The molecule has 0 aromatic rings. The third-order valence-electron chi connectivity index (χ3n) is 3.85. The first-order valence-corrected chi connectivity index (χ1v) is 5.60. The van der Waals surface area contributed by atoms with Crippen molar-refractivity contribution < 1.29 is 5.11 Å². The number of hydrogen-bond donors (Lipinski definition) is 1. The number of nitrogens with zero attached hydrogens (tertiary/aromatic N) is 1. The fourth-order valence-electron chi connectivity index (χ4n) is 2.80. The zero-order chi connectivity index (χ0) is 9.26. The van der Waals surface area contributed by atoms with Gasteiger partial charge in [-0.05, 0) is 63.6 Å². The van der Waals surface area contributed by atoms with Gasteiger partial charge >= 0.3 is 0 Å². The van der Waals surface area contributed by atoms with Gasteiger partial charge in [0.1, 0.15) is 0 Å². The second-order valence-electron chi connectivity index (χ2n) is 4.81. The Labute approximate surface area is 80.9 Å². The van der Waals surface area contributed by atoms with Crippen LogP contribution >= 0.6 is 0 Å². The van der Waals surface area contributed by atoms with Crippen molar-refractivity contribution in [1.82, 2.24) is 4.90 Å². The van der Waals surface area contributed by atoms with Gasteiger partial charge in [-0.25, -0.2) is 0 Å². The molecule has 2 fully saturated rings. The second-order valence-corrected chi connectivity index (χ2v) is 4.81. The molecular weight excluding hydrogens is 162 g/mol. The van der Waals surface area contributed by atoms with Crippen molar-refractivity contribution in [2.45, 2.75) is 25.7 Å². The third kappa shape index (κ3) is 2.23. The second kappa shape index (κ2) is 3.97. The highest BCUT2D eigenvalue weighted by atomic mass is 16.3. The van der Waals surface area contributed by atoms with Crippen LogP contribution in [-0.2, 0) is 0 Å². The summed E-state index contributed by atoms with van der Waals surface area (Å²) in [5.41, 5.74) is 0. The predicted octanol–water partition coefficient (Wildman–Crippen LogP) is 1.35. The number of hydrogen-bond acceptors (Lipinski definition) is 2. The summed E-state index contributed by atoms with van der Waals surface area (Å²) in [6.07, 6.45) is 5.23. The largest absolute Gasteiger partial charge is 0.396 e. The molecule has 1 aliphatic heterocycles. The highest BCUT2D eigenvalue weighted by Gasteiger charge is 2.42. The lowest BCUT2D eigenvalue weighted by atomic mass is 9.91. The Morgan fingerprint density at radius 1 is 1.31 bits per heavy atom. The molecule has 0 amide bonds. The number of aliphatic hydroxyl groups excluding tert-OH is 1. The van der Waals surface area contributed by atoms with E-state index in [1.54, 1.807) is 0 Å². The van der Waals surface area contributed by atoms with E-state index in [1.807, 2.05) is 0 Å². The maximum Gasteiger partial charge on any atom is 0.0433 e. The average Bonchev–Trinajstić information content (AvgIpc) is 2.86. The highest BCUT2D eigenvalue weighted by Crippen LogP contribution is 2.49. The predicted molar refractivity (Wildman–Crippen MR) is 53.5 cm³/mol. The Morgan fingerprint density at radius 3 is 2.62 bits per heavy atom. The van der Waals surface area contributed by atoms with Gasteiger partial charge in [0, 0.05) is 6.61 Å². The lowest BCUT2D eigenvalue weighted by molar-refractivity contribution is 0.195. The van der Waals surface area contributed by atoms with E-state index in [2.05, 4.69) is 11.9 Å². The summed E-state index contributed by atoms with van der Waals surface area (Å²) in [5, 5.41) is 8.83. The molecule has 1 saturated carbocycles. The van der Waals surface area contributed by atoms with E-state index in [4.69, 9.17) is 5.11 Å². The molecule has 0 radical (unpaired) electrons. The van der Waals surface area contributed by atoms with Gasteiger partial charge < -0.3 is 10.0 Å². The zero-order valence-electron chi connectivity index (χ0n) is 8.58. The van der Waals surface area contributed by atoms with Gasteiger partial charge in [0.25, 0.3) is 0 Å². The minimum Gasteiger partial charge on any atom is -0.396 e. The molecular formula is C11H21NO. The minimum atomic E-state index is 0.397. The minimum absolute atomic E-state index is 0.397. The van der Waals surface area contributed by atoms with E-state index in [1.165, 1.54) is 32.4 Å². The highest BCUT2D eigenvalue weighted by molar-refractivity contribution is 4.92. The quantitative estimate of drug-likeness (QED) is 0.714. The summed E-state index contributed by atoms with van der Waals surface area (Å²) < 4.78 is 0. The molecule has 0 unspecified atom stereocenters. The summed E-state index contributed by atoms with van der Waals surface area (Å²) in [5.74, 6) is 2.83. The van der Waals surface area contributed by atoms with Crippen LogP contribution in [0.4, 0.5) is 0 Å². The normalized spacial score (nSPS) is 36.5. The van der Waals surface area contributed by atoms with Gasteiger partial charge in [0.05, 0.1) is 0 Å². The summed E-state index contributed by atoms with van der Waals surface area (Å²) in [4.78, 5) is 2.43. The van der Waals surface area contributed by atoms with Crippen LogP contribution in [0.25, 0.3) is 0 Å². The maximum atomic E-state index is 8.83. The SMILES string of the molecule is CN1CCC([C@H]2C[C@H]2CCO)CC1. The molecule has 1 aliphatic carbocycles. The Kier molecular flexibility index (Phi) is 2.89. The molecule has 1 saturated heterocycles. The number of rotatable bonds is 3. The molecule has 1 heterocycles. The average molecular weight is 183 g/mol. The van der Waals surface area contributed by atoms with Gasteiger partial charge in [-0.1, -0.05) is 0 Å². The molecule has 0 aromatic heterocycles. The van der Waals surface area contributed by atoms with Crippen LogP contribution in [0.1, 0.15) is 25.7 Å². The van der Waals surface area contributed by atoms with Gasteiger partial charge in [0.2, 0.25) is 0 Å². The topological polar surface area (TPSA) is 23.5 Å². The first-order valence-electron chi connectivity index (χ1n) is 5.60. The van der Waals surface area contributed by atoms with E-state index in [-0.39, 0.29) is 0 Å². The van der Waals surface area contributed by atoms with Crippen LogP contribution in [0.3, 0.4) is 0 Å². The summed E-state index contributed by atoms with van der Waals surface area (Å²) in [6, 6.07) is 0. The van der Waals surface area contributed by atoms with E-state index < -0.39 is 0 Å². The molecule has 2 rings (SSSR count). The number of likely N-dealkylation sites (tertiary alicyclic amines) is 1. The lowest BCUT2D eigenvalue weighted by Gasteiger charge is -2.29. The molecule has 2 aliphatic rings. The monoisotopic (exact) mass is 183 g/mol. The van der Waals surface area contributed by atoms with E-state index in [0.29, 0.717) is 6.61 Å². The standard InChI is InChI=1S/C11H21NO/c1-12-5-2-9(3-6-12)11-8-10(11)4-7-13/h9-11,13H,2-8H2,1H3/t10-,11-/m1/s1. The summed E-state index contributed by atoms with van der Waals surface area (Å²) in [7, 11) is 2.22. The van der Waals surface area contributed by atoms with Crippen LogP contribution in [0.5, 0.6) is 0 Å². The van der Waals surface area contributed by atoms with Crippen molar-refractivity contribution in [3.05, 3.63) is 0 Å². The Balaban J connectivity index is 1.71. The van der Waals surface area contributed by atoms with Crippen LogP contribution in [0.2, 0.25) is 0 Å². The van der Waals surface area contributed by atoms with Crippen LogP contribution in [0.15, 0.2) is 0 Å². The molecule has 13 heavy (non-hydrogen) atoms. The maximum absolute atomic E-state index is 8.83. The van der Waals surface area contributed by atoms with Crippen LogP contribution in [-0.4, -0.2) is 36.8 Å². The van der Waals surface area contributed by atoms with E-state index in [0.717, 1.165) is 24.2 Å². The molecule has 0 aromatic carbocycles. The van der Waals surface area contributed by atoms with Gasteiger partial charge in [0.15, 0.2) is 0 Å². The summed E-state index contributed by atoms with van der Waals surface area (Å²) in [6.45, 7) is 2.97. The fraction of sp³-hybridized carbons (Fsp3) is 1.00. The van der Waals surface area contributed by atoms with Crippen LogP contribution < -0.4 is 0 Å². The molecule has 76 valence electrons.